The zero-order chi connectivity index (χ0) is 19.9. The summed E-state index contributed by atoms with van der Waals surface area (Å²) in [5, 5.41) is 2.69. The fourth-order valence-electron chi connectivity index (χ4n) is 2.21. The number of rotatable bonds is 8. The van der Waals surface area contributed by atoms with Crippen LogP contribution < -0.4 is 10.0 Å². The predicted molar refractivity (Wildman–Crippen MR) is 102 cm³/mol. The number of ether oxygens (including phenoxy) is 1. The summed E-state index contributed by atoms with van der Waals surface area (Å²) in [5.41, 5.74) is 1.22. The highest BCUT2D eigenvalue weighted by Crippen LogP contribution is 2.14. The maximum absolute atomic E-state index is 12.3. The third kappa shape index (κ3) is 5.63. The van der Waals surface area contributed by atoms with E-state index in [1.54, 1.807) is 31.2 Å². The first-order valence-corrected chi connectivity index (χ1v) is 10.0. The number of esters is 1. The van der Waals surface area contributed by atoms with Crippen molar-refractivity contribution in [1.29, 1.82) is 0 Å². The summed E-state index contributed by atoms with van der Waals surface area (Å²) in [6, 6.07) is 12.0. The van der Waals surface area contributed by atoms with Crippen LogP contribution in [0.5, 0.6) is 0 Å². The molecule has 0 saturated heterocycles. The van der Waals surface area contributed by atoms with Gasteiger partial charge in [0.15, 0.2) is 0 Å². The van der Waals surface area contributed by atoms with Crippen molar-refractivity contribution in [3.8, 4) is 0 Å². The highest BCUT2D eigenvalue weighted by Gasteiger charge is 2.14. The third-order valence-corrected chi connectivity index (χ3v) is 5.10. The normalized spacial score (nSPS) is 11.0. The van der Waals surface area contributed by atoms with Crippen molar-refractivity contribution in [2.24, 2.45) is 0 Å². The molecule has 1 amide bonds. The maximum Gasteiger partial charge on any atom is 0.338 e. The maximum atomic E-state index is 12.3. The van der Waals surface area contributed by atoms with Crippen molar-refractivity contribution in [2.75, 3.05) is 18.5 Å². The van der Waals surface area contributed by atoms with Gasteiger partial charge in [0, 0.05) is 17.8 Å². The van der Waals surface area contributed by atoms with E-state index < -0.39 is 16.0 Å². The second kappa shape index (κ2) is 9.29. The molecule has 0 aliphatic heterocycles. The van der Waals surface area contributed by atoms with Gasteiger partial charge in [0.2, 0.25) is 10.0 Å². The van der Waals surface area contributed by atoms with Crippen LogP contribution in [0.3, 0.4) is 0 Å². The molecule has 0 atom stereocenters. The quantitative estimate of drug-likeness (QED) is 0.675. The Labute approximate surface area is 158 Å². The standard InChI is InChI=1S/C19H22N2O5S/c1-3-13-20-27(24,25)17-11-7-14(8-12-17)18(22)21-16-9-5-15(6-10-16)19(23)26-4-2/h5-12,20H,3-4,13H2,1-2H3,(H,21,22). The number of carbonyl (C=O) groups is 2. The summed E-state index contributed by atoms with van der Waals surface area (Å²) < 4.78 is 31.5. The van der Waals surface area contributed by atoms with Crippen LogP contribution in [0.25, 0.3) is 0 Å². The summed E-state index contributed by atoms with van der Waals surface area (Å²) in [6.45, 7) is 4.24. The van der Waals surface area contributed by atoms with Gasteiger partial charge in [-0.15, -0.1) is 0 Å². The molecule has 0 aromatic heterocycles. The van der Waals surface area contributed by atoms with Gasteiger partial charge in [0.25, 0.3) is 5.91 Å². The Bertz CT molecular complexity index is 891. The fourth-order valence-corrected chi connectivity index (χ4v) is 3.35. The molecule has 2 aromatic carbocycles. The minimum Gasteiger partial charge on any atom is -0.462 e. The summed E-state index contributed by atoms with van der Waals surface area (Å²) >= 11 is 0. The SMILES string of the molecule is CCCNS(=O)(=O)c1ccc(C(=O)Nc2ccc(C(=O)OCC)cc2)cc1. The van der Waals surface area contributed by atoms with Gasteiger partial charge in [-0.2, -0.15) is 0 Å². The molecule has 7 nitrogen and oxygen atoms in total. The van der Waals surface area contributed by atoms with E-state index in [4.69, 9.17) is 4.74 Å². The number of hydrogen-bond donors (Lipinski definition) is 2. The number of nitrogens with one attached hydrogen (secondary N) is 2. The van der Waals surface area contributed by atoms with Gasteiger partial charge in [-0.1, -0.05) is 6.92 Å². The van der Waals surface area contributed by atoms with E-state index in [0.717, 1.165) is 0 Å². The number of anilines is 1. The molecule has 0 radical (unpaired) electrons. The molecule has 0 aliphatic carbocycles. The molecule has 2 aromatic rings. The minimum absolute atomic E-state index is 0.103. The Morgan fingerprint density at radius 3 is 2.07 bits per heavy atom. The highest BCUT2D eigenvalue weighted by molar-refractivity contribution is 7.89. The third-order valence-electron chi connectivity index (χ3n) is 3.62. The van der Waals surface area contributed by atoms with Crippen LogP contribution in [0.1, 0.15) is 41.0 Å². The molecule has 144 valence electrons. The van der Waals surface area contributed by atoms with Crippen LogP contribution in [0.15, 0.2) is 53.4 Å². The molecule has 0 fully saturated rings. The van der Waals surface area contributed by atoms with Crippen LogP contribution in [0.4, 0.5) is 5.69 Å². The Morgan fingerprint density at radius 1 is 0.926 bits per heavy atom. The first-order chi connectivity index (χ1) is 12.9. The molecule has 8 heteroatoms. The number of benzene rings is 2. The van der Waals surface area contributed by atoms with E-state index >= 15 is 0 Å². The molecule has 0 spiro atoms. The lowest BCUT2D eigenvalue weighted by molar-refractivity contribution is 0.0526. The Kier molecular flexibility index (Phi) is 7.09. The van der Waals surface area contributed by atoms with E-state index in [2.05, 4.69) is 10.0 Å². The molecule has 0 heterocycles. The number of hydrogen-bond acceptors (Lipinski definition) is 5. The summed E-state index contributed by atoms with van der Waals surface area (Å²) in [7, 11) is -3.57. The first kappa shape index (κ1) is 20.6. The lowest BCUT2D eigenvalue weighted by Gasteiger charge is -2.08. The minimum atomic E-state index is -3.57. The van der Waals surface area contributed by atoms with E-state index in [1.807, 2.05) is 6.92 Å². The summed E-state index contributed by atoms with van der Waals surface area (Å²) in [5.74, 6) is -0.812. The topological polar surface area (TPSA) is 102 Å². The van der Waals surface area contributed by atoms with Crippen molar-refractivity contribution in [1.82, 2.24) is 4.72 Å². The van der Waals surface area contributed by atoms with Crippen LogP contribution in [0, 0.1) is 0 Å². The highest BCUT2D eigenvalue weighted by atomic mass is 32.2. The van der Waals surface area contributed by atoms with Gasteiger partial charge in [0.05, 0.1) is 17.1 Å². The van der Waals surface area contributed by atoms with E-state index in [-0.39, 0.29) is 17.4 Å². The van der Waals surface area contributed by atoms with Gasteiger partial charge in [-0.05, 0) is 61.9 Å². The van der Waals surface area contributed by atoms with Gasteiger partial charge in [0.1, 0.15) is 0 Å². The molecule has 0 saturated carbocycles. The lowest BCUT2D eigenvalue weighted by Crippen LogP contribution is -2.24. The second-order valence-corrected chi connectivity index (χ2v) is 7.44. The van der Waals surface area contributed by atoms with E-state index in [1.165, 1.54) is 24.3 Å². The molecular weight excluding hydrogens is 368 g/mol. The number of carbonyl (C=O) groups excluding carboxylic acids is 2. The van der Waals surface area contributed by atoms with Crippen LogP contribution in [0.2, 0.25) is 0 Å². The molecule has 0 unspecified atom stereocenters. The molecular formula is C19H22N2O5S. The molecule has 2 rings (SSSR count). The summed E-state index contributed by atoms with van der Waals surface area (Å²) in [4.78, 5) is 24.0. The van der Waals surface area contributed by atoms with Gasteiger partial charge in [-0.3, -0.25) is 4.79 Å². The zero-order valence-corrected chi connectivity index (χ0v) is 16.0. The average molecular weight is 390 g/mol. The smallest absolute Gasteiger partial charge is 0.338 e. The Hall–Kier alpha value is -2.71. The van der Waals surface area contributed by atoms with Gasteiger partial charge in [-0.25, -0.2) is 17.9 Å². The van der Waals surface area contributed by atoms with Crippen LogP contribution in [-0.4, -0.2) is 33.4 Å². The van der Waals surface area contributed by atoms with Crippen molar-refractivity contribution in [2.45, 2.75) is 25.2 Å². The van der Waals surface area contributed by atoms with Gasteiger partial charge < -0.3 is 10.1 Å². The zero-order valence-electron chi connectivity index (χ0n) is 15.2. The van der Waals surface area contributed by atoms with Crippen molar-refractivity contribution in [3.63, 3.8) is 0 Å². The average Bonchev–Trinajstić information content (AvgIpc) is 2.67. The number of sulfonamides is 1. The first-order valence-electron chi connectivity index (χ1n) is 8.55. The van der Waals surface area contributed by atoms with Gasteiger partial charge >= 0.3 is 5.97 Å². The van der Waals surface area contributed by atoms with Crippen molar-refractivity contribution < 1.29 is 22.7 Å². The second-order valence-electron chi connectivity index (χ2n) is 5.67. The van der Waals surface area contributed by atoms with Crippen molar-refractivity contribution >= 4 is 27.6 Å². The molecule has 27 heavy (non-hydrogen) atoms. The van der Waals surface area contributed by atoms with Crippen LogP contribution in [-0.2, 0) is 14.8 Å². The molecule has 0 aliphatic rings. The monoisotopic (exact) mass is 390 g/mol. The summed E-state index contributed by atoms with van der Waals surface area (Å²) in [6.07, 6.45) is 0.689. The largest absolute Gasteiger partial charge is 0.462 e. The lowest BCUT2D eigenvalue weighted by atomic mass is 10.2. The Balaban J connectivity index is 2.05. The predicted octanol–water partition coefficient (Wildman–Crippen LogP) is 2.80. The Morgan fingerprint density at radius 2 is 1.52 bits per heavy atom. The fraction of sp³-hybridized carbons (Fsp3) is 0.263. The molecule has 0 bridgehead atoms. The van der Waals surface area contributed by atoms with Crippen LogP contribution >= 0.6 is 0 Å². The van der Waals surface area contributed by atoms with E-state index in [9.17, 15) is 18.0 Å². The molecule has 2 N–H and O–H groups in total. The van der Waals surface area contributed by atoms with E-state index in [0.29, 0.717) is 29.8 Å². The van der Waals surface area contributed by atoms with Crippen molar-refractivity contribution in [3.05, 3.63) is 59.7 Å². The number of amides is 1.